The van der Waals surface area contributed by atoms with E-state index >= 15 is 0 Å². The van der Waals surface area contributed by atoms with Gasteiger partial charge in [-0.3, -0.25) is 10.1 Å². The van der Waals surface area contributed by atoms with Crippen molar-refractivity contribution in [2.75, 3.05) is 5.32 Å². The van der Waals surface area contributed by atoms with Crippen molar-refractivity contribution < 1.29 is 4.79 Å². The molecule has 0 aliphatic rings. The number of anilines is 1. The van der Waals surface area contributed by atoms with Gasteiger partial charge >= 0.3 is 0 Å². The fourth-order valence-corrected chi connectivity index (χ4v) is 2.97. The highest BCUT2D eigenvalue weighted by Crippen LogP contribution is 2.27. The van der Waals surface area contributed by atoms with Crippen molar-refractivity contribution in [2.24, 2.45) is 0 Å². The van der Waals surface area contributed by atoms with Crippen LogP contribution in [0.25, 0.3) is 16.3 Å². The Morgan fingerprint density at radius 3 is 2.71 bits per heavy atom. The Hall–Kier alpha value is -2.46. The van der Waals surface area contributed by atoms with E-state index in [4.69, 9.17) is 0 Å². The standard InChI is InChI=1S/C17H14N2OS/c1-12-6-5-9-14-16(12)19-17(21-14)18-15(20)11-10-13-7-3-2-4-8-13/h2-11H,1H3,(H,18,19,20)/b11-10+. The SMILES string of the molecule is Cc1cccc2sc(NC(=O)/C=C/c3ccccc3)nc12. The van der Waals surface area contributed by atoms with Gasteiger partial charge < -0.3 is 0 Å². The number of hydrogen-bond donors (Lipinski definition) is 1. The number of benzene rings is 2. The van der Waals surface area contributed by atoms with Gasteiger partial charge in [0.2, 0.25) is 5.91 Å². The molecule has 0 saturated carbocycles. The van der Waals surface area contributed by atoms with Crippen LogP contribution in [0.4, 0.5) is 5.13 Å². The lowest BCUT2D eigenvalue weighted by Gasteiger charge is -1.95. The number of para-hydroxylation sites is 1. The number of amides is 1. The van der Waals surface area contributed by atoms with Crippen molar-refractivity contribution in [3.05, 3.63) is 65.7 Å². The van der Waals surface area contributed by atoms with Gasteiger partial charge in [0.25, 0.3) is 0 Å². The third kappa shape index (κ3) is 3.17. The lowest BCUT2D eigenvalue weighted by Crippen LogP contribution is -2.07. The molecule has 0 fully saturated rings. The number of aryl methyl sites for hydroxylation is 1. The molecule has 0 spiro atoms. The molecule has 3 nitrogen and oxygen atoms in total. The topological polar surface area (TPSA) is 42.0 Å². The van der Waals surface area contributed by atoms with E-state index in [9.17, 15) is 4.79 Å². The van der Waals surface area contributed by atoms with Crippen LogP contribution >= 0.6 is 11.3 Å². The Morgan fingerprint density at radius 2 is 1.95 bits per heavy atom. The molecule has 3 aromatic rings. The zero-order chi connectivity index (χ0) is 14.7. The Morgan fingerprint density at radius 1 is 1.14 bits per heavy atom. The van der Waals surface area contributed by atoms with Crippen LogP contribution in [0, 0.1) is 6.92 Å². The van der Waals surface area contributed by atoms with Crippen LogP contribution in [0.15, 0.2) is 54.6 Å². The van der Waals surface area contributed by atoms with Crippen molar-refractivity contribution in [3.63, 3.8) is 0 Å². The molecule has 1 amide bonds. The van der Waals surface area contributed by atoms with Crippen LogP contribution in [-0.4, -0.2) is 10.9 Å². The van der Waals surface area contributed by atoms with Crippen molar-refractivity contribution in [3.8, 4) is 0 Å². The first-order valence-electron chi connectivity index (χ1n) is 6.62. The molecule has 0 unspecified atom stereocenters. The maximum atomic E-state index is 11.9. The van der Waals surface area contributed by atoms with E-state index in [-0.39, 0.29) is 5.91 Å². The number of carbonyl (C=O) groups is 1. The fourth-order valence-electron chi connectivity index (χ4n) is 2.02. The lowest BCUT2D eigenvalue weighted by atomic mass is 10.2. The molecular formula is C17H14N2OS. The van der Waals surface area contributed by atoms with Crippen molar-refractivity contribution in [1.82, 2.24) is 4.98 Å². The van der Waals surface area contributed by atoms with Gasteiger partial charge in [-0.2, -0.15) is 0 Å². The molecule has 0 bridgehead atoms. The van der Waals surface area contributed by atoms with Crippen LogP contribution < -0.4 is 5.32 Å². The van der Waals surface area contributed by atoms with Crippen molar-refractivity contribution in [1.29, 1.82) is 0 Å². The Balaban J connectivity index is 1.74. The third-order valence-corrected chi connectivity index (χ3v) is 4.01. The molecule has 1 N–H and O–H groups in total. The summed E-state index contributed by atoms with van der Waals surface area (Å²) in [5, 5.41) is 3.44. The average molecular weight is 294 g/mol. The second-order valence-corrected chi connectivity index (χ2v) is 5.70. The zero-order valence-electron chi connectivity index (χ0n) is 11.5. The summed E-state index contributed by atoms with van der Waals surface area (Å²) >= 11 is 1.48. The van der Waals surface area contributed by atoms with E-state index in [1.807, 2.05) is 55.5 Å². The molecule has 4 heteroatoms. The summed E-state index contributed by atoms with van der Waals surface area (Å²) in [6.45, 7) is 2.02. The predicted molar refractivity (Wildman–Crippen MR) is 88.5 cm³/mol. The summed E-state index contributed by atoms with van der Waals surface area (Å²) in [6.07, 6.45) is 3.31. The maximum Gasteiger partial charge on any atom is 0.250 e. The molecule has 0 aliphatic carbocycles. The summed E-state index contributed by atoms with van der Waals surface area (Å²) in [7, 11) is 0. The normalized spacial score (nSPS) is 11.1. The molecule has 0 atom stereocenters. The summed E-state index contributed by atoms with van der Waals surface area (Å²) in [5.74, 6) is -0.171. The minimum Gasteiger partial charge on any atom is -0.298 e. The summed E-state index contributed by atoms with van der Waals surface area (Å²) < 4.78 is 1.08. The number of rotatable bonds is 3. The number of fused-ring (bicyclic) bond motifs is 1. The molecule has 2 aromatic carbocycles. The van der Waals surface area contributed by atoms with Crippen molar-refractivity contribution in [2.45, 2.75) is 6.92 Å². The average Bonchev–Trinajstić information content (AvgIpc) is 2.90. The number of carbonyl (C=O) groups excluding carboxylic acids is 1. The molecule has 3 rings (SSSR count). The third-order valence-electron chi connectivity index (χ3n) is 3.08. The first kappa shape index (κ1) is 13.5. The zero-order valence-corrected chi connectivity index (χ0v) is 12.4. The minimum atomic E-state index is -0.171. The van der Waals surface area contributed by atoms with Gasteiger partial charge in [0, 0.05) is 6.08 Å². The van der Waals surface area contributed by atoms with E-state index in [2.05, 4.69) is 10.3 Å². The number of thiazole rings is 1. The molecule has 0 radical (unpaired) electrons. The van der Waals surface area contributed by atoms with Gasteiger partial charge in [0.05, 0.1) is 10.2 Å². The van der Waals surface area contributed by atoms with Crippen LogP contribution in [0.3, 0.4) is 0 Å². The lowest BCUT2D eigenvalue weighted by molar-refractivity contribution is -0.111. The monoisotopic (exact) mass is 294 g/mol. The van der Waals surface area contributed by atoms with Crippen molar-refractivity contribution >= 4 is 38.7 Å². The second-order valence-electron chi connectivity index (χ2n) is 4.67. The first-order chi connectivity index (χ1) is 10.2. The number of nitrogens with zero attached hydrogens (tertiary/aromatic N) is 1. The van der Waals surface area contributed by atoms with E-state index in [0.717, 1.165) is 21.3 Å². The molecule has 1 heterocycles. The first-order valence-corrected chi connectivity index (χ1v) is 7.44. The molecule has 21 heavy (non-hydrogen) atoms. The van der Waals surface area contributed by atoms with E-state index in [1.54, 1.807) is 6.08 Å². The largest absolute Gasteiger partial charge is 0.298 e. The highest BCUT2D eigenvalue weighted by molar-refractivity contribution is 7.22. The number of nitrogens with one attached hydrogen (secondary N) is 1. The fraction of sp³-hybridized carbons (Fsp3) is 0.0588. The smallest absolute Gasteiger partial charge is 0.250 e. The minimum absolute atomic E-state index is 0.171. The van der Waals surface area contributed by atoms with Crippen LogP contribution in [-0.2, 0) is 4.79 Å². The quantitative estimate of drug-likeness (QED) is 0.733. The molecular weight excluding hydrogens is 280 g/mol. The van der Waals surface area contributed by atoms with Gasteiger partial charge in [-0.25, -0.2) is 4.98 Å². The summed E-state index contributed by atoms with van der Waals surface area (Å²) in [6, 6.07) is 15.7. The van der Waals surface area contributed by atoms with Crippen LogP contribution in [0.2, 0.25) is 0 Å². The van der Waals surface area contributed by atoms with Gasteiger partial charge in [-0.1, -0.05) is 53.8 Å². The summed E-state index contributed by atoms with van der Waals surface area (Å²) in [5.41, 5.74) is 3.06. The van der Waals surface area contributed by atoms with Gasteiger partial charge in [0.15, 0.2) is 5.13 Å². The highest BCUT2D eigenvalue weighted by Gasteiger charge is 2.07. The highest BCUT2D eigenvalue weighted by atomic mass is 32.1. The number of hydrogen-bond acceptors (Lipinski definition) is 3. The molecule has 0 aliphatic heterocycles. The number of aromatic nitrogens is 1. The van der Waals surface area contributed by atoms with Gasteiger partial charge in [-0.15, -0.1) is 0 Å². The van der Waals surface area contributed by atoms with Crippen LogP contribution in [0.5, 0.6) is 0 Å². The Labute approximate surface area is 127 Å². The van der Waals surface area contributed by atoms with E-state index in [0.29, 0.717) is 5.13 Å². The van der Waals surface area contributed by atoms with Crippen LogP contribution in [0.1, 0.15) is 11.1 Å². The Kier molecular flexibility index (Phi) is 3.79. The molecule has 1 aromatic heterocycles. The second kappa shape index (κ2) is 5.89. The predicted octanol–water partition coefficient (Wildman–Crippen LogP) is 4.26. The summed E-state index contributed by atoms with van der Waals surface area (Å²) in [4.78, 5) is 16.4. The maximum absolute atomic E-state index is 11.9. The van der Waals surface area contributed by atoms with E-state index < -0.39 is 0 Å². The van der Waals surface area contributed by atoms with Gasteiger partial charge in [-0.05, 0) is 30.2 Å². The van der Waals surface area contributed by atoms with E-state index in [1.165, 1.54) is 17.4 Å². The molecule has 0 saturated heterocycles. The Bertz CT molecular complexity index is 806. The molecule has 104 valence electrons. The van der Waals surface area contributed by atoms with Gasteiger partial charge in [0.1, 0.15) is 0 Å².